The van der Waals surface area contributed by atoms with Crippen LogP contribution in [0.15, 0.2) is 58.6 Å². The summed E-state index contributed by atoms with van der Waals surface area (Å²) >= 11 is 0. The summed E-state index contributed by atoms with van der Waals surface area (Å²) in [5, 5.41) is 19.2. The number of fused-ring (bicyclic) bond motifs is 1. The second-order valence-electron chi connectivity index (χ2n) is 4.85. The van der Waals surface area contributed by atoms with E-state index in [1.807, 2.05) is 18.2 Å². The fraction of sp³-hybridized carbons (Fsp3) is 0.333. The van der Waals surface area contributed by atoms with E-state index < -0.39 is 6.10 Å². The second-order valence-corrected chi connectivity index (χ2v) is 4.85. The Morgan fingerprint density at radius 2 is 2.11 bits per heavy atom. The van der Waals surface area contributed by atoms with Crippen LogP contribution in [0.25, 0.3) is 0 Å². The average Bonchev–Trinajstić information content (AvgIpc) is 2.52. The van der Waals surface area contributed by atoms with Crippen molar-refractivity contribution in [3.63, 3.8) is 0 Å². The molecule has 0 saturated carbocycles. The topological polar surface area (TPSA) is 49.7 Å². The van der Waals surface area contributed by atoms with Crippen LogP contribution in [0, 0.1) is 0 Å². The zero-order valence-corrected chi connectivity index (χ0v) is 10.3. The molecule has 3 aliphatic rings. The lowest BCUT2D eigenvalue weighted by atomic mass is 9.90. The Balaban J connectivity index is 2.04. The molecule has 3 rings (SSSR count). The van der Waals surface area contributed by atoms with Crippen molar-refractivity contribution in [1.29, 1.82) is 0 Å². The summed E-state index contributed by atoms with van der Waals surface area (Å²) in [5.74, 6) is 1.15. The first-order valence-corrected chi connectivity index (χ1v) is 6.21. The van der Waals surface area contributed by atoms with Gasteiger partial charge in [0.05, 0.1) is 6.10 Å². The van der Waals surface area contributed by atoms with Crippen molar-refractivity contribution >= 4 is 0 Å². The molecule has 0 saturated heterocycles. The van der Waals surface area contributed by atoms with Crippen molar-refractivity contribution in [3.05, 3.63) is 58.6 Å². The van der Waals surface area contributed by atoms with E-state index >= 15 is 0 Å². The lowest BCUT2D eigenvalue weighted by molar-refractivity contribution is 0.150. The van der Waals surface area contributed by atoms with Crippen molar-refractivity contribution in [2.45, 2.75) is 32.0 Å². The zero-order chi connectivity index (χ0) is 12.7. The lowest BCUT2D eigenvalue weighted by Crippen LogP contribution is -2.21. The van der Waals surface area contributed by atoms with Crippen LogP contribution in [0.1, 0.15) is 19.8 Å². The first kappa shape index (κ1) is 11.4. The second kappa shape index (κ2) is 4.18. The van der Waals surface area contributed by atoms with Gasteiger partial charge in [-0.05, 0) is 25.0 Å². The van der Waals surface area contributed by atoms with Gasteiger partial charge in [-0.15, -0.1) is 0 Å². The fourth-order valence-corrected chi connectivity index (χ4v) is 2.58. The summed E-state index contributed by atoms with van der Waals surface area (Å²) < 4.78 is 5.94. The van der Waals surface area contributed by atoms with Gasteiger partial charge in [0.1, 0.15) is 17.6 Å². The molecule has 2 unspecified atom stereocenters. The molecule has 0 aromatic carbocycles. The molecule has 0 amide bonds. The minimum Gasteiger partial charge on any atom is -0.508 e. The molecular formula is C15H16O3. The molecule has 0 bridgehead atoms. The summed E-state index contributed by atoms with van der Waals surface area (Å²) in [6, 6.07) is 0. The van der Waals surface area contributed by atoms with Crippen LogP contribution in [-0.4, -0.2) is 22.4 Å². The highest BCUT2D eigenvalue weighted by molar-refractivity contribution is 5.54. The fourth-order valence-electron chi connectivity index (χ4n) is 2.58. The van der Waals surface area contributed by atoms with Crippen LogP contribution in [0.5, 0.6) is 0 Å². The van der Waals surface area contributed by atoms with Crippen LogP contribution < -0.4 is 0 Å². The predicted octanol–water partition coefficient (Wildman–Crippen LogP) is 2.68. The molecule has 0 fully saturated rings. The van der Waals surface area contributed by atoms with Crippen LogP contribution in [0.4, 0.5) is 0 Å². The maximum atomic E-state index is 9.67. The highest BCUT2D eigenvalue weighted by atomic mass is 16.5. The molecule has 2 atom stereocenters. The number of ether oxygens (including phenoxy) is 1. The molecule has 3 heteroatoms. The monoisotopic (exact) mass is 244 g/mol. The number of hydrogen-bond donors (Lipinski definition) is 2. The van der Waals surface area contributed by atoms with Crippen LogP contribution in [-0.2, 0) is 4.74 Å². The van der Waals surface area contributed by atoms with Crippen molar-refractivity contribution in [2.24, 2.45) is 0 Å². The molecular weight excluding hydrogens is 228 g/mol. The summed E-state index contributed by atoms with van der Waals surface area (Å²) in [4.78, 5) is 0. The van der Waals surface area contributed by atoms with E-state index in [4.69, 9.17) is 4.74 Å². The molecule has 0 spiro atoms. The minimum atomic E-state index is -0.404. The lowest BCUT2D eigenvalue weighted by Gasteiger charge is -2.29. The first-order valence-electron chi connectivity index (χ1n) is 6.21. The summed E-state index contributed by atoms with van der Waals surface area (Å²) in [5.41, 5.74) is 3.30. The molecule has 2 N–H and O–H groups in total. The van der Waals surface area contributed by atoms with Gasteiger partial charge in [0.2, 0.25) is 0 Å². The number of aliphatic hydroxyl groups is 2. The first-order chi connectivity index (χ1) is 8.65. The predicted molar refractivity (Wildman–Crippen MR) is 68.8 cm³/mol. The Hall–Kier alpha value is -1.74. The summed E-state index contributed by atoms with van der Waals surface area (Å²) in [6.07, 6.45) is 9.85. The molecule has 0 radical (unpaired) electrons. The van der Waals surface area contributed by atoms with Crippen molar-refractivity contribution in [1.82, 2.24) is 0 Å². The Bertz CT molecular complexity index is 532. The Labute approximate surface area is 106 Å². The highest BCUT2D eigenvalue weighted by Gasteiger charge is 2.28. The molecule has 0 aromatic heterocycles. The van der Waals surface area contributed by atoms with E-state index in [1.54, 1.807) is 12.2 Å². The van der Waals surface area contributed by atoms with Gasteiger partial charge in [-0.3, -0.25) is 0 Å². The number of allylic oxidation sites excluding steroid dienone is 5. The van der Waals surface area contributed by atoms with E-state index in [1.165, 1.54) is 0 Å². The van der Waals surface area contributed by atoms with E-state index in [-0.39, 0.29) is 11.9 Å². The SMILES string of the molecule is CC1=C2C=CC(O)=CC2OC2=C1C=CC(O)CC2. The van der Waals surface area contributed by atoms with Gasteiger partial charge < -0.3 is 14.9 Å². The van der Waals surface area contributed by atoms with Crippen LogP contribution >= 0.6 is 0 Å². The third-order valence-electron chi connectivity index (χ3n) is 3.62. The molecule has 2 aliphatic carbocycles. The quantitative estimate of drug-likeness (QED) is 0.688. The van der Waals surface area contributed by atoms with Gasteiger partial charge in [-0.2, -0.15) is 0 Å². The van der Waals surface area contributed by atoms with Crippen LogP contribution in [0.3, 0.4) is 0 Å². The summed E-state index contributed by atoms with van der Waals surface area (Å²) in [7, 11) is 0. The normalized spacial score (nSPS) is 30.4. The van der Waals surface area contributed by atoms with Crippen LogP contribution in [0.2, 0.25) is 0 Å². The van der Waals surface area contributed by atoms with E-state index in [0.29, 0.717) is 6.42 Å². The van der Waals surface area contributed by atoms with E-state index in [9.17, 15) is 10.2 Å². The molecule has 94 valence electrons. The van der Waals surface area contributed by atoms with Crippen molar-refractivity contribution in [2.75, 3.05) is 0 Å². The van der Waals surface area contributed by atoms with Gasteiger partial charge in [-0.25, -0.2) is 0 Å². The molecule has 1 heterocycles. The summed E-state index contributed by atoms with van der Waals surface area (Å²) in [6.45, 7) is 2.06. The van der Waals surface area contributed by atoms with E-state index in [2.05, 4.69) is 6.92 Å². The van der Waals surface area contributed by atoms with Crippen molar-refractivity contribution in [3.8, 4) is 0 Å². The van der Waals surface area contributed by atoms with Gasteiger partial charge in [-0.1, -0.05) is 18.2 Å². The Morgan fingerprint density at radius 3 is 2.94 bits per heavy atom. The average molecular weight is 244 g/mol. The zero-order valence-electron chi connectivity index (χ0n) is 10.3. The largest absolute Gasteiger partial charge is 0.508 e. The molecule has 1 aliphatic heterocycles. The smallest absolute Gasteiger partial charge is 0.146 e. The van der Waals surface area contributed by atoms with Gasteiger partial charge in [0, 0.05) is 23.6 Å². The maximum Gasteiger partial charge on any atom is 0.146 e. The van der Waals surface area contributed by atoms with Gasteiger partial charge >= 0.3 is 0 Å². The molecule has 3 nitrogen and oxygen atoms in total. The third-order valence-corrected chi connectivity index (χ3v) is 3.62. The van der Waals surface area contributed by atoms with Gasteiger partial charge in [0.15, 0.2) is 0 Å². The van der Waals surface area contributed by atoms with E-state index in [0.717, 1.165) is 28.9 Å². The molecule has 0 aromatic rings. The van der Waals surface area contributed by atoms with Gasteiger partial charge in [0.25, 0.3) is 0 Å². The maximum absolute atomic E-state index is 9.67. The minimum absolute atomic E-state index is 0.197. The number of hydrogen-bond acceptors (Lipinski definition) is 3. The Morgan fingerprint density at radius 1 is 1.28 bits per heavy atom. The highest BCUT2D eigenvalue weighted by Crippen LogP contribution is 2.37. The number of aliphatic hydroxyl groups excluding tert-OH is 2. The molecule has 18 heavy (non-hydrogen) atoms. The Kier molecular flexibility index (Phi) is 2.63. The standard InChI is InChI=1S/C15H16O3/c1-9-12-5-2-10(16)4-7-14(12)18-15-8-11(17)3-6-13(9)15/h2-3,5-6,8,10,15-17H,4,7H2,1H3. The third kappa shape index (κ3) is 1.81. The number of rotatable bonds is 0. The van der Waals surface area contributed by atoms with Crippen molar-refractivity contribution < 1.29 is 14.9 Å².